The first kappa shape index (κ1) is 14.8. The van der Waals surface area contributed by atoms with Crippen molar-refractivity contribution in [2.24, 2.45) is 0 Å². The fourth-order valence-electron chi connectivity index (χ4n) is 2.44. The van der Waals surface area contributed by atoms with E-state index < -0.39 is 0 Å². The van der Waals surface area contributed by atoms with E-state index in [1.807, 2.05) is 36.3 Å². The van der Waals surface area contributed by atoms with Gasteiger partial charge in [-0.3, -0.25) is 9.78 Å². The topological polar surface area (TPSA) is 51.0 Å². The van der Waals surface area contributed by atoms with E-state index in [9.17, 15) is 4.79 Å². The highest BCUT2D eigenvalue weighted by molar-refractivity contribution is 6.16. The first-order chi connectivity index (χ1) is 9.63. The Hall–Kier alpha value is -1.62. The summed E-state index contributed by atoms with van der Waals surface area (Å²) in [5, 5.41) is 0. The molecule has 0 aliphatic carbocycles. The maximum Gasteiger partial charge on any atom is 0.245 e. The van der Waals surface area contributed by atoms with Crippen molar-refractivity contribution in [3.63, 3.8) is 0 Å². The van der Waals surface area contributed by atoms with Crippen LogP contribution >= 0.6 is 11.6 Å². The summed E-state index contributed by atoms with van der Waals surface area (Å²) >= 11 is 5.97. The zero-order chi connectivity index (χ0) is 14.7. The number of alkyl halides is 1. The van der Waals surface area contributed by atoms with Crippen molar-refractivity contribution in [3.8, 4) is 0 Å². The molecule has 2 aromatic rings. The number of amides is 1. The largest absolute Gasteiger partial charge is 0.341 e. The molecule has 2 aromatic heterocycles. The molecule has 2 heterocycles. The summed E-state index contributed by atoms with van der Waals surface area (Å²) in [6, 6.07) is 1.54. The lowest BCUT2D eigenvalue weighted by Gasteiger charge is -2.24. The Morgan fingerprint density at radius 2 is 2.15 bits per heavy atom. The van der Waals surface area contributed by atoms with Gasteiger partial charge < -0.3 is 9.47 Å². The molecule has 0 aromatic carbocycles. The second-order valence-corrected chi connectivity index (χ2v) is 4.85. The lowest BCUT2D eigenvalue weighted by molar-refractivity contribution is -0.133. The number of carbonyl (C=O) groups is 1. The Labute approximate surface area is 123 Å². The molecule has 1 atom stereocenters. The number of halogens is 1. The van der Waals surface area contributed by atoms with Crippen molar-refractivity contribution in [1.29, 1.82) is 0 Å². The van der Waals surface area contributed by atoms with Crippen molar-refractivity contribution in [1.82, 2.24) is 19.4 Å². The Morgan fingerprint density at radius 3 is 2.75 bits per heavy atom. The normalized spacial score (nSPS) is 12.6. The summed E-state index contributed by atoms with van der Waals surface area (Å²) in [6.45, 7) is 7.24. The van der Waals surface area contributed by atoms with Gasteiger partial charge in [0.25, 0.3) is 0 Å². The fourth-order valence-corrected chi connectivity index (χ4v) is 2.63. The molecule has 0 spiro atoms. The van der Waals surface area contributed by atoms with Gasteiger partial charge in [-0.05, 0) is 26.8 Å². The zero-order valence-corrected chi connectivity index (χ0v) is 12.8. The maximum atomic E-state index is 12.5. The van der Waals surface area contributed by atoms with Gasteiger partial charge in [0.05, 0.1) is 17.6 Å². The number of imidazole rings is 1. The number of nitrogens with zero attached hydrogens (tertiary/aromatic N) is 4. The van der Waals surface area contributed by atoms with Crippen molar-refractivity contribution in [2.45, 2.75) is 32.7 Å². The molecule has 108 valence electrons. The number of carbonyl (C=O) groups excluding carboxylic acids is 1. The lowest BCUT2D eigenvalue weighted by atomic mass is 10.2. The number of likely N-dealkylation sites (N-methyl/N-ethyl adjacent to an activating group) is 1. The van der Waals surface area contributed by atoms with E-state index in [2.05, 4.69) is 9.97 Å². The SMILES string of the molecule is CCN(CC)C(=O)C(C)n1c(CCl)nc2cnccc21. The minimum atomic E-state index is -0.323. The van der Waals surface area contributed by atoms with Gasteiger partial charge in [0.2, 0.25) is 5.91 Å². The molecular weight excluding hydrogens is 276 g/mol. The number of hydrogen-bond acceptors (Lipinski definition) is 3. The molecule has 0 aliphatic rings. The van der Waals surface area contributed by atoms with E-state index in [-0.39, 0.29) is 17.8 Å². The Kier molecular flexibility index (Phi) is 4.60. The van der Waals surface area contributed by atoms with Crippen LogP contribution < -0.4 is 0 Å². The van der Waals surface area contributed by atoms with Gasteiger partial charge in [0.1, 0.15) is 17.4 Å². The molecule has 0 saturated carbocycles. The van der Waals surface area contributed by atoms with E-state index >= 15 is 0 Å². The maximum absolute atomic E-state index is 12.5. The third kappa shape index (κ3) is 2.50. The Bertz CT molecular complexity index is 606. The van der Waals surface area contributed by atoms with Crippen LogP contribution in [0.1, 0.15) is 32.6 Å². The first-order valence-electron chi connectivity index (χ1n) is 6.79. The van der Waals surface area contributed by atoms with Crippen molar-refractivity contribution in [3.05, 3.63) is 24.3 Å². The van der Waals surface area contributed by atoms with Crippen LogP contribution in [0.25, 0.3) is 11.0 Å². The molecule has 0 saturated heterocycles. The Balaban J connectivity index is 2.48. The molecule has 2 rings (SSSR count). The van der Waals surface area contributed by atoms with Crippen molar-refractivity contribution < 1.29 is 4.79 Å². The molecular formula is C14H19ClN4O. The van der Waals surface area contributed by atoms with E-state index in [1.54, 1.807) is 12.4 Å². The summed E-state index contributed by atoms with van der Waals surface area (Å²) in [7, 11) is 0. The monoisotopic (exact) mass is 294 g/mol. The minimum absolute atomic E-state index is 0.0810. The molecule has 5 nitrogen and oxygen atoms in total. The predicted octanol–water partition coefficient (Wildman–Crippen LogP) is 2.60. The van der Waals surface area contributed by atoms with E-state index in [0.717, 1.165) is 11.0 Å². The van der Waals surface area contributed by atoms with Crippen LogP contribution in [0.5, 0.6) is 0 Å². The second kappa shape index (κ2) is 6.22. The molecule has 0 aliphatic heterocycles. The Morgan fingerprint density at radius 1 is 1.45 bits per heavy atom. The van der Waals surface area contributed by atoms with Crippen molar-refractivity contribution >= 4 is 28.5 Å². The molecule has 1 amide bonds. The standard InChI is InChI=1S/C14H19ClN4O/c1-4-18(5-2)14(20)10(3)19-12-6-7-16-9-11(12)17-13(19)8-15/h6-7,9-10H,4-5,8H2,1-3H3. The number of hydrogen-bond donors (Lipinski definition) is 0. The summed E-state index contributed by atoms with van der Waals surface area (Å²) in [5.74, 6) is 1.05. The number of pyridine rings is 1. The van der Waals surface area contributed by atoms with Crippen LogP contribution in [0.15, 0.2) is 18.5 Å². The summed E-state index contributed by atoms with van der Waals surface area (Å²) in [6.07, 6.45) is 3.39. The van der Waals surface area contributed by atoms with E-state index in [0.29, 0.717) is 18.9 Å². The summed E-state index contributed by atoms with van der Waals surface area (Å²) < 4.78 is 1.91. The van der Waals surface area contributed by atoms with Crippen LogP contribution in [0, 0.1) is 0 Å². The molecule has 0 radical (unpaired) electrons. The summed E-state index contributed by atoms with van der Waals surface area (Å²) in [5.41, 5.74) is 1.66. The van der Waals surface area contributed by atoms with Gasteiger partial charge >= 0.3 is 0 Å². The minimum Gasteiger partial charge on any atom is -0.341 e. The smallest absolute Gasteiger partial charge is 0.245 e. The van der Waals surface area contributed by atoms with E-state index in [1.165, 1.54) is 0 Å². The fraction of sp³-hybridized carbons (Fsp3) is 0.500. The quantitative estimate of drug-likeness (QED) is 0.797. The second-order valence-electron chi connectivity index (χ2n) is 4.58. The number of rotatable bonds is 5. The van der Waals surface area contributed by atoms with Crippen LogP contribution in [0.2, 0.25) is 0 Å². The summed E-state index contributed by atoms with van der Waals surface area (Å²) in [4.78, 5) is 22.9. The van der Waals surface area contributed by atoms with Gasteiger partial charge in [0, 0.05) is 19.3 Å². The van der Waals surface area contributed by atoms with Gasteiger partial charge in [-0.15, -0.1) is 11.6 Å². The first-order valence-corrected chi connectivity index (χ1v) is 7.33. The zero-order valence-electron chi connectivity index (χ0n) is 12.0. The third-order valence-electron chi connectivity index (χ3n) is 3.50. The molecule has 1 unspecified atom stereocenters. The van der Waals surface area contributed by atoms with Gasteiger partial charge in [-0.25, -0.2) is 4.98 Å². The van der Waals surface area contributed by atoms with Crippen molar-refractivity contribution in [2.75, 3.05) is 13.1 Å². The van der Waals surface area contributed by atoms with Gasteiger partial charge in [-0.1, -0.05) is 0 Å². The predicted molar refractivity (Wildman–Crippen MR) is 79.7 cm³/mol. The van der Waals surface area contributed by atoms with Crippen LogP contribution in [0.4, 0.5) is 0 Å². The third-order valence-corrected chi connectivity index (χ3v) is 3.74. The van der Waals surface area contributed by atoms with Gasteiger partial charge in [-0.2, -0.15) is 0 Å². The lowest BCUT2D eigenvalue weighted by Crippen LogP contribution is -2.36. The van der Waals surface area contributed by atoms with Crippen LogP contribution in [-0.4, -0.2) is 38.4 Å². The molecule has 20 heavy (non-hydrogen) atoms. The molecule has 6 heteroatoms. The highest BCUT2D eigenvalue weighted by atomic mass is 35.5. The average molecular weight is 295 g/mol. The molecule has 0 N–H and O–H groups in total. The van der Waals surface area contributed by atoms with Gasteiger partial charge in [0.15, 0.2) is 0 Å². The highest BCUT2D eigenvalue weighted by Crippen LogP contribution is 2.23. The molecule has 0 bridgehead atoms. The average Bonchev–Trinajstić information content (AvgIpc) is 2.86. The number of fused-ring (bicyclic) bond motifs is 1. The molecule has 0 fully saturated rings. The highest BCUT2D eigenvalue weighted by Gasteiger charge is 2.24. The van der Waals surface area contributed by atoms with E-state index in [4.69, 9.17) is 11.6 Å². The number of aromatic nitrogens is 3. The van der Waals surface area contributed by atoms with Crippen LogP contribution in [-0.2, 0) is 10.7 Å². The van der Waals surface area contributed by atoms with Crippen LogP contribution in [0.3, 0.4) is 0 Å².